The maximum Gasteiger partial charge on any atom is 0.251 e. The lowest BCUT2D eigenvalue weighted by molar-refractivity contribution is -0.0440. The molecule has 1 aromatic rings. The number of ether oxygens (including phenoxy) is 1. The molecule has 1 saturated carbocycles. The van der Waals surface area contributed by atoms with Gasteiger partial charge in [-0.1, -0.05) is 0 Å². The molecule has 2 aliphatic rings. The molecule has 1 aliphatic carbocycles. The Labute approximate surface area is 136 Å². The fraction of sp³-hybridized carbons (Fsp3) is 0.562. The number of amides is 1. The van der Waals surface area contributed by atoms with Crippen molar-refractivity contribution in [3.05, 3.63) is 29.8 Å². The summed E-state index contributed by atoms with van der Waals surface area (Å²) in [6, 6.07) is 6.42. The van der Waals surface area contributed by atoms with Gasteiger partial charge in [0.25, 0.3) is 5.91 Å². The third kappa shape index (κ3) is 3.73. The van der Waals surface area contributed by atoms with Crippen LogP contribution in [-0.2, 0) is 14.8 Å². The van der Waals surface area contributed by atoms with Crippen LogP contribution in [0.3, 0.4) is 0 Å². The van der Waals surface area contributed by atoms with Crippen molar-refractivity contribution >= 4 is 15.9 Å². The Kier molecular flexibility index (Phi) is 4.44. The van der Waals surface area contributed by atoms with Crippen LogP contribution < -0.4 is 5.32 Å². The molecule has 0 spiro atoms. The second-order valence-electron chi connectivity index (χ2n) is 6.35. The van der Waals surface area contributed by atoms with E-state index in [-0.39, 0.29) is 29.1 Å². The zero-order valence-corrected chi connectivity index (χ0v) is 14.2. The molecule has 0 unspecified atom stereocenters. The van der Waals surface area contributed by atoms with E-state index in [9.17, 15) is 13.2 Å². The SMILES string of the molecule is C[C@@H]1CN(S(=O)(=O)c2ccc(C(=O)NC3CC3)cc2)C[C@@H](C)O1. The fourth-order valence-corrected chi connectivity index (χ4v) is 4.34. The predicted octanol–water partition coefficient (Wildman–Crippen LogP) is 1.38. The van der Waals surface area contributed by atoms with E-state index in [4.69, 9.17) is 4.74 Å². The Morgan fingerprint density at radius 2 is 1.70 bits per heavy atom. The Hall–Kier alpha value is -1.44. The zero-order valence-electron chi connectivity index (χ0n) is 13.4. The third-order valence-electron chi connectivity index (χ3n) is 4.05. The van der Waals surface area contributed by atoms with E-state index in [0.717, 1.165) is 12.8 Å². The molecule has 23 heavy (non-hydrogen) atoms. The summed E-state index contributed by atoms with van der Waals surface area (Å²) in [5.74, 6) is -0.148. The molecular formula is C16H22N2O4S. The quantitative estimate of drug-likeness (QED) is 0.900. The Balaban J connectivity index is 1.75. The van der Waals surface area contributed by atoms with Gasteiger partial charge in [0.05, 0.1) is 17.1 Å². The molecule has 1 heterocycles. The summed E-state index contributed by atoms with van der Waals surface area (Å²) in [6.45, 7) is 4.42. The molecule has 1 aliphatic heterocycles. The molecule has 6 nitrogen and oxygen atoms in total. The molecule has 1 aromatic carbocycles. The molecule has 3 rings (SSSR count). The third-order valence-corrected chi connectivity index (χ3v) is 5.90. The van der Waals surface area contributed by atoms with Crippen LogP contribution in [0.1, 0.15) is 37.0 Å². The van der Waals surface area contributed by atoms with Gasteiger partial charge in [0.15, 0.2) is 0 Å². The topological polar surface area (TPSA) is 75.7 Å². The number of hydrogen-bond donors (Lipinski definition) is 1. The highest BCUT2D eigenvalue weighted by Crippen LogP contribution is 2.22. The number of nitrogens with zero attached hydrogens (tertiary/aromatic N) is 1. The standard InChI is InChI=1S/C16H22N2O4S/c1-11-9-18(10-12(2)22-11)23(20,21)15-7-3-13(4-8-15)16(19)17-14-5-6-14/h3-4,7-8,11-12,14H,5-6,9-10H2,1-2H3,(H,17,19)/t11-,12-/m1/s1. The van der Waals surface area contributed by atoms with Crippen molar-refractivity contribution in [3.63, 3.8) is 0 Å². The van der Waals surface area contributed by atoms with E-state index in [0.29, 0.717) is 18.7 Å². The molecule has 2 atom stereocenters. The molecule has 126 valence electrons. The van der Waals surface area contributed by atoms with Gasteiger partial charge in [-0.05, 0) is 51.0 Å². The van der Waals surface area contributed by atoms with Crippen LogP contribution in [0.4, 0.5) is 0 Å². The summed E-state index contributed by atoms with van der Waals surface area (Å²) in [6.07, 6.45) is 1.78. The summed E-state index contributed by atoms with van der Waals surface area (Å²) in [4.78, 5) is 12.2. The van der Waals surface area contributed by atoms with Crippen molar-refractivity contribution in [2.24, 2.45) is 0 Å². The first kappa shape index (κ1) is 16.4. The second-order valence-corrected chi connectivity index (χ2v) is 8.29. The summed E-state index contributed by atoms with van der Waals surface area (Å²) in [5, 5.41) is 2.89. The van der Waals surface area contributed by atoms with E-state index < -0.39 is 10.0 Å². The monoisotopic (exact) mass is 338 g/mol. The lowest BCUT2D eigenvalue weighted by Crippen LogP contribution is -2.48. The van der Waals surface area contributed by atoms with Crippen LogP contribution in [-0.4, -0.2) is 50.0 Å². The van der Waals surface area contributed by atoms with Gasteiger partial charge in [-0.3, -0.25) is 4.79 Å². The van der Waals surface area contributed by atoms with Gasteiger partial charge >= 0.3 is 0 Å². The lowest BCUT2D eigenvalue weighted by atomic mass is 10.2. The smallest absolute Gasteiger partial charge is 0.251 e. The minimum Gasteiger partial charge on any atom is -0.373 e. The number of carbonyl (C=O) groups is 1. The van der Waals surface area contributed by atoms with E-state index in [1.807, 2.05) is 13.8 Å². The van der Waals surface area contributed by atoms with Crippen LogP contribution in [0.25, 0.3) is 0 Å². The maximum absolute atomic E-state index is 12.7. The van der Waals surface area contributed by atoms with Crippen LogP contribution in [0.5, 0.6) is 0 Å². The normalized spacial score (nSPS) is 26.0. The van der Waals surface area contributed by atoms with Crippen LogP contribution in [0.15, 0.2) is 29.2 Å². The van der Waals surface area contributed by atoms with Gasteiger partial charge in [-0.25, -0.2) is 8.42 Å². The summed E-state index contributed by atoms with van der Waals surface area (Å²) in [7, 11) is -3.56. The van der Waals surface area contributed by atoms with E-state index in [1.165, 1.54) is 16.4 Å². The van der Waals surface area contributed by atoms with Gasteiger partial charge in [-0.15, -0.1) is 0 Å². The minimum atomic E-state index is -3.56. The molecule has 0 aromatic heterocycles. The Morgan fingerprint density at radius 1 is 1.13 bits per heavy atom. The van der Waals surface area contributed by atoms with E-state index in [1.54, 1.807) is 12.1 Å². The number of rotatable bonds is 4. The molecule has 7 heteroatoms. The first-order valence-electron chi connectivity index (χ1n) is 7.93. The van der Waals surface area contributed by atoms with Crippen molar-refractivity contribution in [2.45, 2.75) is 49.8 Å². The van der Waals surface area contributed by atoms with E-state index in [2.05, 4.69) is 5.32 Å². The van der Waals surface area contributed by atoms with Gasteiger partial charge < -0.3 is 10.1 Å². The fourth-order valence-electron chi connectivity index (χ4n) is 2.75. The average molecular weight is 338 g/mol. The Morgan fingerprint density at radius 3 is 2.22 bits per heavy atom. The van der Waals surface area contributed by atoms with Crippen LogP contribution >= 0.6 is 0 Å². The molecule has 0 bridgehead atoms. The number of morpholine rings is 1. The van der Waals surface area contributed by atoms with E-state index >= 15 is 0 Å². The Bertz CT molecular complexity index is 673. The number of hydrogen-bond acceptors (Lipinski definition) is 4. The zero-order chi connectivity index (χ0) is 16.6. The van der Waals surface area contributed by atoms with Crippen LogP contribution in [0, 0.1) is 0 Å². The van der Waals surface area contributed by atoms with Gasteiger partial charge in [-0.2, -0.15) is 4.31 Å². The highest BCUT2D eigenvalue weighted by Gasteiger charge is 2.32. The number of benzene rings is 1. The van der Waals surface area contributed by atoms with Crippen molar-refractivity contribution in [3.8, 4) is 0 Å². The largest absolute Gasteiger partial charge is 0.373 e. The molecule has 0 radical (unpaired) electrons. The highest BCUT2D eigenvalue weighted by atomic mass is 32.2. The first-order chi connectivity index (χ1) is 10.9. The molecule has 2 fully saturated rings. The van der Waals surface area contributed by atoms with Gasteiger partial charge in [0.2, 0.25) is 10.0 Å². The maximum atomic E-state index is 12.7. The van der Waals surface area contributed by atoms with Crippen molar-refractivity contribution < 1.29 is 17.9 Å². The van der Waals surface area contributed by atoms with Gasteiger partial charge in [0, 0.05) is 24.7 Å². The van der Waals surface area contributed by atoms with Crippen molar-refractivity contribution in [2.75, 3.05) is 13.1 Å². The molecule has 1 amide bonds. The van der Waals surface area contributed by atoms with Crippen molar-refractivity contribution in [1.82, 2.24) is 9.62 Å². The first-order valence-corrected chi connectivity index (χ1v) is 9.37. The number of nitrogens with one attached hydrogen (secondary N) is 1. The summed E-state index contributed by atoms with van der Waals surface area (Å²) in [5.41, 5.74) is 0.486. The lowest BCUT2D eigenvalue weighted by Gasteiger charge is -2.34. The second kappa shape index (κ2) is 6.22. The highest BCUT2D eigenvalue weighted by molar-refractivity contribution is 7.89. The number of sulfonamides is 1. The molecular weight excluding hydrogens is 316 g/mol. The minimum absolute atomic E-state index is 0.128. The average Bonchev–Trinajstić information content (AvgIpc) is 3.30. The van der Waals surface area contributed by atoms with Crippen LogP contribution in [0.2, 0.25) is 0 Å². The van der Waals surface area contributed by atoms with Crippen molar-refractivity contribution in [1.29, 1.82) is 0 Å². The predicted molar refractivity (Wildman–Crippen MR) is 85.7 cm³/mol. The summed E-state index contributed by atoms with van der Waals surface area (Å²) >= 11 is 0. The van der Waals surface area contributed by atoms with Gasteiger partial charge in [0.1, 0.15) is 0 Å². The number of carbonyl (C=O) groups excluding carboxylic acids is 1. The molecule has 1 saturated heterocycles. The molecule has 1 N–H and O–H groups in total. The summed E-state index contributed by atoms with van der Waals surface area (Å²) < 4.78 is 32.5.